The van der Waals surface area contributed by atoms with E-state index < -0.39 is 0 Å². The molecule has 4 nitrogen and oxygen atoms in total. The van der Waals surface area contributed by atoms with Crippen LogP contribution in [0.25, 0.3) is 0 Å². The molecule has 1 unspecified atom stereocenters. The van der Waals surface area contributed by atoms with Crippen molar-refractivity contribution in [3.05, 3.63) is 11.6 Å². The quantitative estimate of drug-likeness (QED) is 0.515. The Morgan fingerprint density at radius 1 is 1.50 bits per heavy atom. The van der Waals surface area contributed by atoms with Gasteiger partial charge in [0, 0.05) is 25.3 Å². The van der Waals surface area contributed by atoms with Gasteiger partial charge in [-0.1, -0.05) is 19.9 Å². The molecule has 18 heavy (non-hydrogen) atoms. The molecular formula is C14H25NO3. The first kappa shape index (κ1) is 15.2. The highest BCUT2D eigenvalue weighted by molar-refractivity contribution is 5.88. The summed E-state index contributed by atoms with van der Waals surface area (Å²) in [5, 5.41) is 0. The molecule has 1 aliphatic heterocycles. The van der Waals surface area contributed by atoms with Crippen LogP contribution in [-0.4, -0.2) is 50.3 Å². The van der Waals surface area contributed by atoms with Gasteiger partial charge in [-0.05, 0) is 25.8 Å². The van der Waals surface area contributed by atoms with E-state index in [0.717, 1.165) is 38.2 Å². The Morgan fingerprint density at radius 2 is 2.28 bits per heavy atom. The number of esters is 1. The predicted molar refractivity (Wildman–Crippen MR) is 71.5 cm³/mol. The van der Waals surface area contributed by atoms with Crippen LogP contribution >= 0.6 is 0 Å². The van der Waals surface area contributed by atoms with E-state index in [1.54, 1.807) is 0 Å². The Bertz CT molecular complexity index is 283. The molecule has 1 atom stereocenters. The molecule has 1 rings (SSSR count). The van der Waals surface area contributed by atoms with Gasteiger partial charge in [0.05, 0.1) is 13.2 Å². The molecule has 1 aliphatic rings. The van der Waals surface area contributed by atoms with Crippen LogP contribution in [0, 0.1) is 0 Å². The van der Waals surface area contributed by atoms with Crippen LogP contribution in [0.5, 0.6) is 0 Å². The first-order chi connectivity index (χ1) is 8.71. The van der Waals surface area contributed by atoms with E-state index in [1.165, 1.54) is 13.5 Å². The number of hydrogen-bond acceptors (Lipinski definition) is 4. The molecule has 1 fully saturated rings. The highest BCUT2D eigenvalue weighted by Gasteiger charge is 2.18. The van der Waals surface area contributed by atoms with Gasteiger partial charge in [0.25, 0.3) is 0 Å². The van der Waals surface area contributed by atoms with Crippen molar-refractivity contribution in [2.45, 2.75) is 39.2 Å². The summed E-state index contributed by atoms with van der Waals surface area (Å²) in [6, 6.07) is 0. The number of rotatable bonds is 7. The highest BCUT2D eigenvalue weighted by Crippen LogP contribution is 2.13. The maximum atomic E-state index is 11.5. The Morgan fingerprint density at radius 3 is 2.78 bits per heavy atom. The second-order valence-corrected chi connectivity index (χ2v) is 4.56. The minimum atomic E-state index is -0.217. The van der Waals surface area contributed by atoms with Crippen molar-refractivity contribution in [1.82, 2.24) is 4.90 Å². The van der Waals surface area contributed by atoms with Crippen LogP contribution < -0.4 is 0 Å². The second-order valence-electron chi connectivity index (χ2n) is 4.56. The summed E-state index contributed by atoms with van der Waals surface area (Å²) in [6.45, 7) is 7.69. The van der Waals surface area contributed by atoms with E-state index in [2.05, 4.69) is 11.8 Å². The topological polar surface area (TPSA) is 38.8 Å². The van der Waals surface area contributed by atoms with Gasteiger partial charge in [-0.25, -0.2) is 4.79 Å². The van der Waals surface area contributed by atoms with Crippen LogP contribution in [0.1, 0.15) is 33.1 Å². The lowest BCUT2D eigenvalue weighted by Crippen LogP contribution is -2.32. The van der Waals surface area contributed by atoms with Crippen molar-refractivity contribution >= 4 is 5.97 Å². The molecule has 0 radical (unpaired) electrons. The Hall–Kier alpha value is -0.870. The largest absolute Gasteiger partial charge is 0.466 e. The van der Waals surface area contributed by atoms with Gasteiger partial charge < -0.3 is 9.47 Å². The maximum Gasteiger partial charge on any atom is 0.333 e. The Balaban J connectivity index is 2.45. The molecular weight excluding hydrogens is 230 g/mol. The lowest BCUT2D eigenvalue weighted by Gasteiger charge is -2.22. The number of hydrogen-bond donors (Lipinski definition) is 0. The van der Waals surface area contributed by atoms with Crippen molar-refractivity contribution in [3.8, 4) is 0 Å². The van der Waals surface area contributed by atoms with Gasteiger partial charge in [-0.2, -0.15) is 0 Å². The normalized spacial score (nSPS) is 20.4. The zero-order valence-electron chi connectivity index (χ0n) is 11.8. The molecule has 0 aromatic heterocycles. The number of ether oxygens (including phenoxy) is 2. The van der Waals surface area contributed by atoms with E-state index in [-0.39, 0.29) is 5.97 Å². The van der Waals surface area contributed by atoms with E-state index in [4.69, 9.17) is 9.47 Å². The minimum Gasteiger partial charge on any atom is -0.466 e. The summed E-state index contributed by atoms with van der Waals surface area (Å²) < 4.78 is 10.4. The average molecular weight is 255 g/mol. The third kappa shape index (κ3) is 4.78. The first-order valence-corrected chi connectivity index (χ1v) is 6.82. The fourth-order valence-electron chi connectivity index (χ4n) is 2.15. The molecule has 0 aromatic carbocycles. The molecule has 1 heterocycles. The van der Waals surface area contributed by atoms with Gasteiger partial charge in [-0.15, -0.1) is 0 Å². The van der Waals surface area contributed by atoms with Crippen molar-refractivity contribution in [1.29, 1.82) is 0 Å². The van der Waals surface area contributed by atoms with Gasteiger partial charge in [0.1, 0.15) is 0 Å². The van der Waals surface area contributed by atoms with E-state index in [1.807, 2.05) is 13.0 Å². The lowest BCUT2D eigenvalue weighted by molar-refractivity contribution is -0.136. The second kappa shape index (κ2) is 8.27. The molecule has 0 spiro atoms. The summed E-state index contributed by atoms with van der Waals surface area (Å²) >= 11 is 0. The van der Waals surface area contributed by atoms with Crippen LogP contribution in [-0.2, 0) is 14.3 Å². The summed E-state index contributed by atoms with van der Waals surface area (Å²) in [4.78, 5) is 13.8. The van der Waals surface area contributed by atoms with Crippen molar-refractivity contribution in [2.75, 3.05) is 33.4 Å². The lowest BCUT2D eigenvalue weighted by atomic mass is 10.2. The zero-order chi connectivity index (χ0) is 13.4. The van der Waals surface area contributed by atoms with Gasteiger partial charge >= 0.3 is 5.97 Å². The van der Waals surface area contributed by atoms with Crippen molar-refractivity contribution in [3.63, 3.8) is 0 Å². The number of nitrogens with zero attached hydrogens (tertiary/aromatic N) is 1. The highest BCUT2D eigenvalue weighted by atomic mass is 16.5. The zero-order valence-corrected chi connectivity index (χ0v) is 11.8. The minimum absolute atomic E-state index is 0.217. The van der Waals surface area contributed by atoms with Crippen LogP contribution in [0.4, 0.5) is 0 Å². The monoisotopic (exact) mass is 255 g/mol. The Labute approximate surface area is 110 Å². The maximum absolute atomic E-state index is 11.5. The SMILES string of the molecule is CCC(=CCN(CC)CC1CCCO1)C(=O)OC. The van der Waals surface area contributed by atoms with Crippen molar-refractivity contribution in [2.24, 2.45) is 0 Å². The van der Waals surface area contributed by atoms with Crippen LogP contribution in [0.2, 0.25) is 0 Å². The molecule has 0 bridgehead atoms. The van der Waals surface area contributed by atoms with E-state index in [0.29, 0.717) is 12.5 Å². The molecule has 104 valence electrons. The molecule has 0 aromatic rings. The van der Waals surface area contributed by atoms with Crippen LogP contribution in [0.3, 0.4) is 0 Å². The van der Waals surface area contributed by atoms with E-state index in [9.17, 15) is 4.79 Å². The number of likely N-dealkylation sites (N-methyl/N-ethyl adjacent to an activating group) is 1. The standard InChI is InChI=1S/C14H25NO3/c1-4-12(14(16)17-3)8-9-15(5-2)11-13-7-6-10-18-13/h8,13H,4-7,9-11H2,1-3H3. The third-order valence-electron chi connectivity index (χ3n) is 3.36. The summed E-state index contributed by atoms with van der Waals surface area (Å²) in [5.41, 5.74) is 0.753. The predicted octanol–water partition coefficient (Wildman–Crippen LogP) is 2.00. The fraction of sp³-hybridized carbons (Fsp3) is 0.786. The Kier molecular flexibility index (Phi) is 6.98. The molecule has 0 saturated carbocycles. The molecule has 0 amide bonds. The first-order valence-electron chi connectivity index (χ1n) is 6.82. The van der Waals surface area contributed by atoms with Crippen LogP contribution in [0.15, 0.2) is 11.6 Å². The third-order valence-corrected chi connectivity index (χ3v) is 3.36. The number of carbonyl (C=O) groups is 1. The molecule has 1 saturated heterocycles. The smallest absolute Gasteiger partial charge is 0.333 e. The molecule has 0 aliphatic carbocycles. The van der Waals surface area contributed by atoms with Gasteiger partial charge in [0.2, 0.25) is 0 Å². The number of methoxy groups -OCH3 is 1. The van der Waals surface area contributed by atoms with E-state index >= 15 is 0 Å². The van der Waals surface area contributed by atoms with Gasteiger partial charge in [0.15, 0.2) is 0 Å². The van der Waals surface area contributed by atoms with Crippen molar-refractivity contribution < 1.29 is 14.3 Å². The summed E-state index contributed by atoms with van der Waals surface area (Å²) in [7, 11) is 1.43. The fourth-order valence-corrected chi connectivity index (χ4v) is 2.15. The summed E-state index contributed by atoms with van der Waals surface area (Å²) in [6.07, 6.45) is 5.37. The summed E-state index contributed by atoms with van der Waals surface area (Å²) in [5.74, 6) is -0.217. The average Bonchev–Trinajstić information content (AvgIpc) is 2.90. The van der Waals surface area contributed by atoms with Gasteiger partial charge in [-0.3, -0.25) is 4.90 Å². The molecule has 4 heteroatoms. The molecule has 0 N–H and O–H groups in total. The number of carbonyl (C=O) groups excluding carboxylic acids is 1.